The van der Waals surface area contributed by atoms with Gasteiger partial charge in [-0.05, 0) is 91.4 Å². The molecule has 0 aliphatic heterocycles. The van der Waals surface area contributed by atoms with E-state index >= 15 is 0 Å². The van der Waals surface area contributed by atoms with Crippen molar-refractivity contribution >= 4 is 14.4 Å². The van der Waals surface area contributed by atoms with Crippen LogP contribution < -0.4 is 9.47 Å². The maximum absolute atomic E-state index is 7.03. The Morgan fingerprint density at radius 1 is 1.09 bits per heavy atom. The molecule has 2 aliphatic carbocycles. The molecule has 0 spiro atoms. The third kappa shape index (κ3) is 4.90. The van der Waals surface area contributed by atoms with Crippen molar-refractivity contribution in [2.24, 2.45) is 16.7 Å². The highest BCUT2D eigenvalue weighted by atomic mass is 28.4. The van der Waals surface area contributed by atoms with Crippen LogP contribution in [0.4, 0.5) is 0 Å². The van der Waals surface area contributed by atoms with E-state index in [1.165, 1.54) is 30.4 Å². The summed E-state index contributed by atoms with van der Waals surface area (Å²) in [6, 6.07) is 4.20. The highest BCUT2D eigenvalue weighted by molar-refractivity contribution is 6.74. The fourth-order valence-corrected chi connectivity index (χ4v) is 7.18. The first-order valence-electron chi connectivity index (χ1n) is 13.0. The van der Waals surface area contributed by atoms with Crippen LogP contribution in [0.5, 0.6) is 11.5 Å². The molecule has 0 bridgehead atoms. The van der Waals surface area contributed by atoms with Gasteiger partial charge in [-0.1, -0.05) is 53.2 Å². The lowest BCUT2D eigenvalue weighted by Gasteiger charge is -2.57. The summed E-state index contributed by atoms with van der Waals surface area (Å²) >= 11 is 0. The summed E-state index contributed by atoms with van der Waals surface area (Å²) in [7, 11) is 1.58. The van der Waals surface area contributed by atoms with E-state index in [0.29, 0.717) is 5.92 Å². The van der Waals surface area contributed by atoms with Crippen LogP contribution in [0.25, 0.3) is 6.08 Å². The molecule has 0 amide bonds. The molecule has 3 nitrogen and oxygen atoms in total. The number of ether oxygens (including phenoxy) is 2. The SMILES string of the molecule is C=C1CC[C@H]2C(C)(C)CCC[C@@]2(CO[Si](C)(C)C(C)(C)C)/C1=C\c1c(OC)cc(C)cc1OC. The molecule has 0 heterocycles. The number of hydrogen-bond donors (Lipinski definition) is 0. The fourth-order valence-electron chi connectivity index (χ4n) is 6.13. The van der Waals surface area contributed by atoms with E-state index in [9.17, 15) is 0 Å². The first-order valence-corrected chi connectivity index (χ1v) is 15.9. The van der Waals surface area contributed by atoms with Gasteiger partial charge in [0.2, 0.25) is 0 Å². The molecule has 190 valence electrons. The lowest BCUT2D eigenvalue weighted by molar-refractivity contribution is -0.0302. The second-order valence-corrected chi connectivity index (χ2v) is 17.7. The van der Waals surface area contributed by atoms with Gasteiger partial charge in [0.15, 0.2) is 8.32 Å². The highest BCUT2D eigenvalue weighted by Crippen LogP contribution is 2.62. The van der Waals surface area contributed by atoms with E-state index in [2.05, 4.69) is 79.4 Å². The zero-order valence-electron chi connectivity index (χ0n) is 23.5. The van der Waals surface area contributed by atoms with Gasteiger partial charge < -0.3 is 13.9 Å². The van der Waals surface area contributed by atoms with Crippen LogP contribution in [0.15, 0.2) is 29.9 Å². The number of allylic oxidation sites excluding steroid dienone is 1. The molecular weight excluding hydrogens is 436 g/mol. The van der Waals surface area contributed by atoms with Crippen LogP contribution in [-0.4, -0.2) is 29.1 Å². The molecule has 0 N–H and O–H groups in total. The van der Waals surface area contributed by atoms with Crippen LogP contribution in [-0.2, 0) is 4.43 Å². The van der Waals surface area contributed by atoms with Gasteiger partial charge in [0.05, 0.1) is 19.8 Å². The van der Waals surface area contributed by atoms with Crippen LogP contribution in [0.1, 0.15) is 77.8 Å². The van der Waals surface area contributed by atoms with Crippen molar-refractivity contribution in [1.29, 1.82) is 0 Å². The highest BCUT2D eigenvalue weighted by Gasteiger charge is 2.54. The minimum atomic E-state index is -1.91. The Balaban J connectivity index is 2.20. The Labute approximate surface area is 210 Å². The summed E-state index contributed by atoms with van der Waals surface area (Å²) in [5, 5.41) is 0.183. The van der Waals surface area contributed by atoms with Crippen LogP contribution in [0.3, 0.4) is 0 Å². The van der Waals surface area contributed by atoms with Gasteiger partial charge in [-0.25, -0.2) is 0 Å². The Bertz CT molecular complexity index is 925. The van der Waals surface area contributed by atoms with Gasteiger partial charge in [-0.3, -0.25) is 0 Å². The van der Waals surface area contributed by atoms with Crippen LogP contribution in [0, 0.1) is 23.7 Å². The van der Waals surface area contributed by atoms with E-state index in [1.54, 1.807) is 14.2 Å². The molecule has 1 aromatic carbocycles. The molecule has 3 rings (SSSR count). The molecule has 2 atom stereocenters. The topological polar surface area (TPSA) is 27.7 Å². The molecule has 2 aliphatic rings. The van der Waals surface area contributed by atoms with Crippen molar-refractivity contribution in [3.63, 3.8) is 0 Å². The van der Waals surface area contributed by atoms with Gasteiger partial charge in [0.1, 0.15) is 11.5 Å². The summed E-state index contributed by atoms with van der Waals surface area (Å²) in [6.45, 7) is 24.1. The number of rotatable bonds is 6. The minimum Gasteiger partial charge on any atom is -0.496 e. The van der Waals surface area contributed by atoms with E-state index in [4.69, 9.17) is 13.9 Å². The molecule has 0 saturated heterocycles. The zero-order chi connectivity index (χ0) is 25.5. The molecule has 2 fully saturated rings. The van der Waals surface area contributed by atoms with Crippen molar-refractivity contribution in [1.82, 2.24) is 0 Å². The van der Waals surface area contributed by atoms with Crippen LogP contribution in [0.2, 0.25) is 18.1 Å². The summed E-state index contributed by atoms with van der Waals surface area (Å²) in [6.07, 6.45) is 8.21. The first kappa shape index (κ1) is 27.1. The van der Waals surface area contributed by atoms with Gasteiger partial charge in [0.25, 0.3) is 0 Å². The van der Waals surface area contributed by atoms with E-state index in [1.807, 2.05) is 0 Å². The summed E-state index contributed by atoms with van der Waals surface area (Å²) in [5.41, 5.74) is 4.99. The van der Waals surface area contributed by atoms with E-state index in [0.717, 1.165) is 42.1 Å². The van der Waals surface area contributed by atoms with Gasteiger partial charge in [-0.15, -0.1) is 0 Å². The van der Waals surface area contributed by atoms with Crippen molar-refractivity contribution in [2.45, 2.75) is 91.8 Å². The van der Waals surface area contributed by atoms with Crippen molar-refractivity contribution in [3.05, 3.63) is 41.0 Å². The van der Waals surface area contributed by atoms with Crippen molar-refractivity contribution in [3.8, 4) is 11.5 Å². The average molecular weight is 485 g/mol. The van der Waals surface area contributed by atoms with Crippen molar-refractivity contribution in [2.75, 3.05) is 20.8 Å². The monoisotopic (exact) mass is 484 g/mol. The quantitative estimate of drug-likeness (QED) is 0.378. The molecule has 34 heavy (non-hydrogen) atoms. The lowest BCUT2D eigenvalue weighted by Crippen LogP contribution is -2.53. The number of methoxy groups -OCH3 is 2. The number of benzene rings is 1. The predicted molar refractivity (Wildman–Crippen MR) is 147 cm³/mol. The molecule has 0 radical (unpaired) electrons. The molecule has 4 heteroatoms. The number of fused-ring (bicyclic) bond motifs is 1. The standard InChI is InChI=1S/C30H48O3Si/c1-21-17-25(31-8)23(26(18-21)32-9)19-24-22(2)13-14-27-29(6,7)15-12-16-30(24,27)20-33-34(10,11)28(3,4)5/h17-19,27H,2,12-16,20H2,1,3-11H3/b24-19-/t27-,30+/m0/s1. The number of aryl methyl sites for hydroxylation is 1. The minimum absolute atomic E-state index is 0.0342. The molecular formula is C30H48O3Si. The van der Waals surface area contributed by atoms with Crippen LogP contribution >= 0.6 is 0 Å². The summed E-state index contributed by atoms with van der Waals surface area (Å²) in [4.78, 5) is 0. The predicted octanol–water partition coefficient (Wildman–Crippen LogP) is 8.58. The largest absolute Gasteiger partial charge is 0.496 e. The lowest BCUT2D eigenvalue weighted by atomic mass is 9.49. The van der Waals surface area contributed by atoms with Gasteiger partial charge >= 0.3 is 0 Å². The molecule has 0 unspecified atom stereocenters. The Morgan fingerprint density at radius 2 is 1.68 bits per heavy atom. The number of hydrogen-bond acceptors (Lipinski definition) is 3. The smallest absolute Gasteiger partial charge is 0.192 e. The molecule has 2 saturated carbocycles. The summed E-state index contributed by atoms with van der Waals surface area (Å²) < 4.78 is 18.7. The zero-order valence-corrected chi connectivity index (χ0v) is 24.5. The Hall–Kier alpha value is -1.52. The van der Waals surface area contributed by atoms with E-state index < -0.39 is 8.32 Å². The molecule has 0 aromatic heterocycles. The van der Waals surface area contributed by atoms with Gasteiger partial charge in [-0.2, -0.15) is 0 Å². The normalized spacial score (nSPS) is 26.4. The third-order valence-corrected chi connectivity index (χ3v) is 13.7. The summed E-state index contributed by atoms with van der Waals surface area (Å²) in [5.74, 6) is 2.28. The third-order valence-electron chi connectivity index (χ3n) is 9.18. The maximum Gasteiger partial charge on any atom is 0.192 e. The van der Waals surface area contributed by atoms with Gasteiger partial charge in [0, 0.05) is 12.0 Å². The Morgan fingerprint density at radius 3 is 2.21 bits per heavy atom. The maximum atomic E-state index is 7.03. The second-order valence-electron chi connectivity index (χ2n) is 12.9. The fraction of sp³-hybridized carbons (Fsp3) is 0.667. The van der Waals surface area contributed by atoms with Crippen molar-refractivity contribution < 1.29 is 13.9 Å². The first-order chi connectivity index (χ1) is 15.7. The second kappa shape index (κ2) is 9.50. The average Bonchev–Trinajstić information content (AvgIpc) is 2.73. The Kier molecular flexibility index (Phi) is 7.56. The molecule has 1 aromatic rings. The van der Waals surface area contributed by atoms with E-state index in [-0.39, 0.29) is 15.9 Å².